The van der Waals surface area contributed by atoms with E-state index in [2.05, 4.69) is 0 Å². The van der Waals surface area contributed by atoms with Crippen molar-refractivity contribution in [2.45, 2.75) is 38.5 Å². The first-order valence-electron chi connectivity index (χ1n) is 4.64. The molecule has 1 rings (SSSR count). The molecule has 66 valence electrons. The van der Waals surface area contributed by atoms with Gasteiger partial charge in [-0.05, 0) is 37.6 Å². The Morgan fingerprint density at radius 3 is 2.36 bits per heavy atom. The van der Waals surface area contributed by atoms with Crippen molar-refractivity contribution in [3.8, 4) is 0 Å². The Bertz CT molecular complexity index is 108. The maximum Gasteiger partial charge on any atom is 0.0431 e. The molecule has 2 nitrogen and oxygen atoms in total. The van der Waals surface area contributed by atoms with Crippen molar-refractivity contribution in [2.75, 3.05) is 13.2 Å². The highest BCUT2D eigenvalue weighted by Gasteiger charge is 2.31. The van der Waals surface area contributed by atoms with E-state index < -0.39 is 0 Å². The Balaban J connectivity index is 2.33. The largest absolute Gasteiger partial charge is 0.396 e. The standard InChI is InChI=1S/C9H19NO/c10-8-9(6-3-7-11)4-1-2-5-9/h11H,1-8,10H2. The molecule has 0 aromatic rings. The third-order valence-electron chi connectivity index (χ3n) is 2.96. The average Bonchev–Trinajstić information content (AvgIpc) is 2.50. The van der Waals surface area contributed by atoms with Gasteiger partial charge in [-0.25, -0.2) is 0 Å². The lowest BCUT2D eigenvalue weighted by Crippen LogP contribution is -2.27. The summed E-state index contributed by atoms with van der Waals surface area (Å²) in [6, 6.07) is 0. The van der Waals surface area contributed by atoms with Crippen molar-refractivity contribution in [2.24, 2.45) is 11.1 Å². The number of rotatable bonds is 4. The van der Waals surface area contributed by atoms with E-state index in [1.807, 2.05) is 0 Å². The first-order chi connectivity index (χ1) is 5.33. The molecule has 11 heavy (non-hydrogen) atoms. The zero-order valence-corrected chi connectivity index (χ0v) is 7.18. The van der Waals surface area contributed by atoms with Gasteiger partial charge in [-0.1, -0.05) is 12.8 Å². The second-order valence-corrected chi connectivity index (χ2v) is 3.74. The molecule has 0 amide bonds. The Morgan fingerprint density at radius 2 is 1.91 bits per heavy atom. The molecule has 0 saturated heterocycles. The van der Waals surface area contributed by atoms with Crippen molar-refractivity contribution in [1.29, 1.82) is 0 Å². The molecule has 3 N–H and O–H groups in total. The third kappa shape index (κ3) is 2.17. The third-order valence-corrected chi connectivity index (χ3v) is 2.96. The van der Waals surface area contributed by atoms with E-state index in [-0.39, 0.29) is 0 Å². The Labute approximate surface area is 68.8 Å². The maximum atomic E-state index is 8.70. The van der Waals surface area contributed by atoms with Crippen LogP contribution in [0.4, 0.5) is 0 Å². The van der Waals surface area contributed by atoms with Crippen LogP contribution in [0.2, 0.25) is 0 Å². The Hall–Kier alpha value is -0.0800. The first-order valence-corrected chi connectivity index (χ1v) is 4.64. The minimum absolute atomic E-state index is 0.321. The zero-order valence-electron chi connectivity index (χ0n) is 7.18. The fourth-order valence-corrected chi connectivity index (χ4v) is 2.14. The van der Waals surface area contributed by atoms with Gasteiger partial charge in [-0.15, -0.1) is 0 Å². The van der Waals surface area contributed by atoms with E-state index in [1.54, 1.807) is 0 Å². The van der Waals surface area contributed by atoms with Crippen LogP contribution in [0.5, 0.6) is 0 Å². The highest BCUT2D eigenvalue weighted by atomic mass is 16.2. The summed E-state index contributed by atoms with van der Waals surface area (Å²) in [7, 11) is 0. The Kier molecular flexibility index (Phi) is 3.34. The van der Waals surface area contributed by atoms with Crippen LogP contribution in [0.3, 0.4) is 0 Å². The van der Waals surface area contributed by atoms with Gasteiger partial charge in [-0.2, -0.15) is 0 Å². The smallest absolute Gasteiger partial charge is 0.0431 e. The molecule has 0 radical (unpaired) electrons. The van der Waals surface area contributed by atoms with Crippen LogP contribution in [0, 0.1) is 5.41 Å². The summed E-state index contributed by atoms with van der Waals surface area (Å²) >= 11 is 0. The second kappa shape index (κ2) is 4.07. The minimum atomic E-state index is 0.321. The van der Waals surface area contributed by atoms with Crippen molar-refractivity contribution < 1.29 is 5.11 Å². The second-order valence-electron chi connectivity index (χ2n) is 3.74. The maximum absolute atomic E-state index is 8.70. The van der Waals surface area contributed by atoms with Crippen LogP contribution in [0.15, 0.2) is 0 Å². The fourth-order valence-electron chi connectivity index (χ4n) is 2.14. The molecule has 0 atom stereocenters. The quantitative estimate of drug-likeness (QED) is 0.645. The van der Waals surface area contributed by atoms with E-state index >= 15 is 0 Å². The molecule has 1 aliphatic carbocycles. The first kappa shape index (κ1) is 9.01. The number of nitrogens with two attached hydrogens (primary N) is 1. The van der Waals surface area contributed by atoms with Gasteiger partial charge in [0.1, 0.15) is 0 Å². The van der Waals surface area contributed by atoms with Crippen molar-refractivity contribution >= 4 is 0 Å². The fraction of sp³-hybridized carbons (Fsp3) is 1.00. The topological polar surface area (TPSA) is 46.2 Å². The predicted octanol–water partition coefficient (Wildman–Crippen LogP) is 1.28. The molecule has 0 unspecified atom stereocenters. The number of hydrogen-bond acceptors (Lipinski definition) is 2. The summed E-state index contributed by atoms with van der Waals surface area (Å²) < 4.78 is 0. The lowest BCUT2D eigenvalue weighted by Gasteiger charge is -2.26. The van der Waals surface area contributed by atoms with E-state index in [1.165, 1.54) is 25.7 Å². The van der Waals surface area contributed by atoms with Gasteiger partial charge >= 0.3 is 0 Å². The molecule has 0 heterocycles. The van der Waals surface area contributed by atoms with Crippen molar-refractivity contribution in [1.82, 2.24) is 0 Å². The summed E-state index contributed by atoms with van der Waals surface area (Å²) in [5.74, 6) is 0. The van der Waals surface area contributed by atoms with Crippen LogP contribution in [-0.2, 0) is 0 Å². The summed E-state index contributed by atoms with van der Waals surface area (Å²) in [5.41, 5.74) is 6.13. The predicted molar refractivity (Wildman–Crippen MR) is 46.3 cm³/mol. The highest BCUT2D eigenvalue weighted by molar-refractivity contribution is 4.85. The molecule has 0 aliphatic heterocycles. The van der Waals surface area contributed by atoms with Gasteiger partial charge in [0.15, 0.2) is 0 Å². The molecule has 0 aromatic heterocycles. The summed E-state index contributed by atoms with van der Waals surface area (Å²) in [5, 5.41) is 8.70. The van der Waals surface area contributed by atoms with Gasteiger partial charge in [0.05, 0.1) is 0 Å². The van der Waals surface area contributed by atoms with Gasteiger partial charge in [-0.3, -0.25) is 0 Å². The Morgan fingerprint density at radius 1 is 1.27 bits per heavy atom. The molecule has 2 heteroatoms. The molecule has 0 aromatic carbocycles. The van der Waals surface area contributed by atoms with Gasteiger partial charge in [0, 0.05) is 6.61 Å². The van der Waals surface area contributed by atoms with Crippen LogP contribution in [-0.4, -0.2) is 18.3 Å². The minimum Gasteiger partial charge on any atom is -0.396 e. The van der Waals surface area contributed by atoms with Gasteiger partial charge in [0.2, 0.25) is 0 Å². The molecule has 1 saturated carbocycles. The molecule has 1 aliphatic rings. The van der Waals surface area contributed by atoms with E-state index in [4.69, 9.17) is 10.8 Å². The van der Waals surface area contributed by atoms with E-state index in [0.717, 1.165) is 19.4 Å². The molecular weight excluding hydrogens is 138 g/mol. The monoisotopic (exact) mass is 157 g/mol. The van der Waals surface area contributed by atoms with Gasteiger partial charge in [0.25, 0.3) is 0 Å². The lowest BCUT2D eigenvalue weighted by molar-refractivity contribution is 0.221. The van der Waals surface area contributed by atoms with E-state index in [9.17, 15) is 0 Å². The molecule has 1 fully saturated rings. The molecular formula is C9H19NO. The van der Waals surface area contributed by atoms with E-state index in [0.29, 0.717) is 12.0 Å². The average molecular weight is 157 g/mol. The summed E-state index contributed by atoms with van der Waals surface area (Å²) in [6.07, 6.45) is 7.29. The molecule has 0 bridgehead atoms. The van der Waals surface area contributed by atoms with Crippen LogP contribution in [0.25, 0.3) is 0 Å². The highest BCUT2D eigenvalue weighted by Crippen LogP contribution is 2.40. The SMILES string of the molecule is NCC1(CCCO)CCCC1. The zero-order chi connectivity index (χ0) is 8.16. The van der Waals surface area contributed by atoms with Gasteiger partial charge < -0.3 is 10.8 Å². The van der Waals surface area contributed by atoms with Crippen LogP contribution >= 0.6 is 0 Å². The number of aliphatic hydroxyl groups excluding tert-OH is 1. The molecule has 0 spiro atoms. The lowest BCUT2D eigenvalue weighted by atomic mass is 9.82. The summed E-state index contributed by atoms with van der Waals surface area (Å²) in [4.78, 5) is 0. The van der Waals surface area contributed by atoms with Crippen LogP contribution < -0.4 is 5.73 Å². The van der Waals surface area contributed by atoms with Crippen molar-refractivity contribution in [3.05, 3.63) is 0 Å². The van der Waals surface area contributed by atoms with Crippen molar-refractivity contribution in [3.63, 3.8) is 0 Å². The normalized spacial score (nSPS) is 22.4. The number of aliphatic hydroxyl groups is 1. The summed E-state index contributed by atoms with van der Waals surface area (Å²) in [6.45, 7) is 1.13. The number of hydrogen-bond donors (Lipinski definition) is 2. The van der Waals surface area contributed by atoms with Crippen LogP contribution in [0.1, 0.15) is 38.5 Å².